The molecule has 1 aliphatic heterocycles. The van der Waals surface area contributed by atoms with E-state index >= 15 is 0 Å². The number of nitrogens with zero attached hydrogens (tertiary/aromatic N) is 2. The van der Waals surface area contributed by atoms with E-state index in [2.05, 4.69) is 5.10 Å². The van der Waals surface area contributed by atoms with Crippen molar-refractivity contribution in [1.82, 2.24) is 9.78 Å². The lowest BCUT2D eigenvalue weighted by Crippen LogP contribution is -2.16. The Morgan fingerprint density at radius 2 is 2.57 bits per heavy atom. The number of ether oxygens (including phenoxy) is 1. The molecule has 0 radical (unpaired) electrons. The molecule has 5 heteroatoms. The van der Waals surface area contributed by atoms with E-state index in [0.29, 0.717) is 25.5 Å². The molecule has 0 saturated heterocycles. The fourth-order valence-electron chi connectivity index (χ4n) is 1.63. The lowest BCUT2D eigenvalue weighted by molar-refractivity contribution is 0.157. The van der Waals surface area contributed by atoms with Crippen molar-refractivity contribution in [2.45, 2.75) is 25.5 Å². The monoisotopic (exact) mass is 197 g/mol. The molecule has 0 aromatic carbocycles. The Morgan fingerprint density at radius 3 is 3.36 bits per heavy atom. The average molecular weight is 197 g/mol. The molecule has 0 bridgehead atoms. The van der Waals surface area contributed by atoms with Gasteiger partial charge in [0.2, 0.25) is 5.88 Å². The van der Waals surface area contributed by atoms with Crippen LogP contribution in [-0.4, -0.2) is 28.0 Å². The Labute approximate surface area is 82.5 Å². The number of nitrogens with two attached hydrogens (primary N) is 1. The van der Waals surface area contributed by atoms with Crippen LogP contribution in [0.15, 0.2) is 6.20 Å². The first-order valence-corrected chi connectivity index (χ1v) is 4.89. The number of fused-ring (bicyclic) bond motifs is 1. The van der Waals surface area contributed by atoms with Gasteiger partial charge in [0.15, 0.2) is 0 Å². The molecule has 0 aliphatic carbocycles. The van der Waals surface area contributed by atoms with Gasteiger partial charge in [0.05, 0.1) is 24.5 Å². The van der Waals surface area contributed by atoms with Crippen LogP contribution in [0, 0.1) is 0 Å². The summed E-state index contributed by atoms with van der Waals surface area (Å²) in [6.45, 7) is 2.03. The van der Waals surface area contributed by atoms with E-state index in [1.165, 1.54) is 0 Å². The fourth-order valence-corrected chi connectivity index (χ4v) is 1.63. The van der Waals surface area contributed by atoms with Crippen molar-refractivity contribution in [1.29, 1.82) is 0 Å². The molecule has 1 unspecified atom stereocenters. The van der Waals surface area contributed by atoms with Crippen molar-refractivity contribution >= 4 is 0 Å². The molecule has 78 valence electrons. The van der Waals surface area contributed by atoms with E-state index in [1.54, 1.807) is 10.9 Å². The molecule has 3 N–H and O–H groups in total. The second-order valence-corrected chi connectivity index (χ2v) is 3.42. The van der Waals surface area contributed by atoms with Crippen LogP contribution in [0.1, 0.15) is 24.5 Å². The third kappa shape index (κ3) is 1.60. The van der Waals surface area contributed by atoms with Crippen LogP contribution < -0.4 is 10.5 Å². The van der Waals surface area contributed by atoms with Crippen molar-refractivity contribution in [3.05, 3.63) is 11.8 Å². The maximum absolute atomic E-state index is 9.75. The van der Waals surface area contributed by atoms with E-state index in [-0.39, 0.29) is 0 Å². The van der Waals surface area contributed by atoms with Crippen LogP contribution in [0.2, 0.25) is 0 Å². The van der Waals surface area contributed by atoms with Gasteiger partial charge in [-0.2, -0.15) is 5.10 Å². The second-order valence-electron chi connectivity index (χ2n) is 3.42. The van der Waals surface area contributed by atoms with E-state index in [1.807, 2.05) is 0 Å². The van der Waals surface area contributed by atoms with E-state index in [9.17, 15) is 5.11 Å². The molecule has 0 amide bonds. The quantitative estimate of drug-likeness (QED) is 0.718. The summed E-state index contributed by atoms with van der Waals surface area (Å²) >= 11 is 0. The predicted molar refractivity (Wildman–Crippen MR) is 51.0 cm³/mol. The molecule has 2 rings (SSSR count). The Kier molecular flexibility index (Phi) is 2.69. The van der Waals surface area contributed by atoms with Gasteiger partial charge in [0, 0.05) is 13.0 Å². The lowest BCUT2D eigenvalue weighted by Gasteiger charge is -2.17. The highest BCUT2D eigenvalue weighted by Crippen LogP contribution is 2.28. The summed E-state index contributed by atoms with van der Waals surface area (Å²) in [5, 5.41) is 13.9. The molecule has 0 fully saturated rings. The highest BCUT2D eigenvalue weighted by atomic mass is 16.5. The van der Waals surface area contributed by atoms with Gasteiger partial charge in [-0.3, -0.25) is 0 Å². The Morgan fingerprint density at radius 1 is 1.71 bits per heavy atom. The fraction of sp³-hybridized carbons (Fsp3) is 0.667. The summed E-state index contributed by atoms with van der Waals surface area (Å²) in [5.74, 6) is 0.706. The number of aliphatic hydroxyl groups excluding tert-OH is 1. The summed E-state index contributed by atoms with van der Waals surface area (Å²) in [6, 6.07) is 0. The first kappa shape index (κ1) is 9.48. The normalized spacial score (nSPS) is 17.3. The number of aliphatic hydroxyl groups is 1. The summed E-state index contributed by atoms with van der Waals surface area (Å²) in [7, 11) is 0. The van der Waals surface area contributed by atoms with Gasteiger partial charge >= 0.3 is 0 Å². The molecular formula is C9H15N3O2. The van der Waals surface area contributed by atoms with Crippen molar-refractivity contribution in [3.8, 4) is 5.88 Å². The molecule has 1 atom stereocenters. The highest BCUT2D eigenvalue weighted by molar-refractivity contribution is 5.27. The summed E-state index contributed by atoms with van der Waals surface area (Å²) in [6.07, 6.45) is 2.63. The molecule has 5 nitrogen and oxygen atoms in total. The van der Waals surface area contributed by atoms with Crippen LogP contribution in [0.4, 0.5) is 0 Å². The number of aryl methyl sites for hydroxylation is 1. The highest BCUT2D eigenvalue weighted by Gasteiger charge is 2.20. The summed E-state index contributed by atoms with van der Waals surface area (Å²) in [5.41, 5.74) is 6.14. The second kappa shape index (κ2) is 3.98. The Hall–Kier alpha value is -1.07. The summed E-state index contributed by atoms with van der Waals surface area (Å²) < 4.78 is 7.25. The molecule has 1 aromatic heterocycles. The molecule has 0 saturated carbocycles. The minimum absolute atomic E-state index is 0.464. The number of hydrogen-bond donors (Lipinski definition) is 2. The van der Waals surface area contributed by atoms with Gasteiger partial charge in [-0.25, -0.2) is 4.68 Å². The SMILES string of the molecule is NCCC(O)c1cnn2c1OCCC2. The van der Waals surface area contributed by atoms with E-state index < -0.39 is 6.10 Å². The standard InChI is InChI=1S/C9H15N3O2/c10-3-2-8(13)7-6-11-12-4-1-5-14-9(7)12/h6,8,13H,1-5,10H2. The number of hydrogen-bond acceptors (Lipinski definition) is 4. The predicted octanol–water partition coefficient (Wildman–Crippen LogP) is 0.0478. The van der Waals surface area contributed by atoms with Gasteiger partial charge in [-0.15, -0.1) is 0 Å². The molecule has 14 heavy (non-hydrogen) atoms. The van der Waals surface area contributed by atoms with Crippen LogP contribution in [0.25, 0.3) is 0 Å². The minimum atomic E-state index is -0.554. The Bertz CT molecular complexity index is 311. The zero-order valence-corrected chi connectivity index (χ0v) is 8.02. The zero-order chi connectivity index (χ0) is 9.97. The van der Waals surface area contributed by atoms with Gasteiger partial charge in [-0.1, -0.05) is 0 Å². The third-order valence-electron chi connectivity index (χ3n) is 2.37. The first-order chi connectivity index (χ1) is 6.83. The van der Waals surface area contributed by atoms with Crippen LogP contribution >= 0.6 is 0 Å². The lowest BCUT2D eigenvalue weighted by atomic mass is 10.1. The van der Waals surface area contributed by atoms with Crippen LogP contribution in [-0.2, 0) is 6.54 Å². The maximum Gasteiger partial charge on any atom is 0.217 e. The summed E-state index contributed by atoms with van der Waals surface area (Å²) in [4.78, 5) is 0. The van der Waals surface area contributed by atoms with E-state index in [0.717, 1.165) is 18.5 Å². The van der Waals surface area contributed by atoms with E-state index in [4.69, 9.17) is 10.5 Å². The van der Waals surface area contributed by atoms with Gasteiger partial charge < -0.3 is 15.6 Å². The smallest absolute Gasteiger partial charge is 0.217 e. The maximum atomic E-state index is 9.75. The number of aromatic nitrogens is 2. The van der Waals surface area contributed by atoms with Crippen molar-refractivity contribution in [3.63, 3.8) is 0 Å². The largest absolute Gasteiger partial charge is 0.477 e. The van der Waals surface area contributed by atoms with Crippen LogP contribution in [0.3, 0.4) is 0 Å². The average Bonchev–Trinajstić information content (AvgIpc) is 2.61. The molecule has 1 aliphatic rings. The van der Waals surface area contributed by atoms with Gasteiger partial charge in [0.1, 0.15) is 0 Å². The zero-order valence-electron chi connectivity index (χ0n) is 8.02. The molecule has 2 heterocycles. The molecule has 1 aromatic rings. The van der Waals surface area contributed by atoms with Gasteiger partial charge in [-0.05, 0) is 13.0 Å². The minimum Gasteiger partial charge on any atom is -0.477 e. The first-order valence-electron chi connectivity index (χ1n) is 4.89. The third-order valence-corrected chi connectivity index (χ3v) is 2.37. The number of rotatable bonds is 3. The van der Waals surface area contributed by atoms with Gasteiger partial charge in [0.25, 0.3) is 0 Å². The van der Waals surface area contributed by atoms with Crippen molar-refractivity contribution < 1.29 is 9.84 Å². The van der Waals surface area contributed by atoms with Crippen molar-refractivity contribution in [2.24, 2.45) is 5.73 Å². The molecule has 0 spiro atoms. The topological polar surface area (TPSA) is 73.3 Å². The Balaban J connectivity index is 2.21. The van der Waals surface area contributed by atoms with Crippen molar-refractivity contribution in [2.75, 3.05) is 13.2 Å². The van der Waals surface area contributed by atoms with Crippen LogP contribution in [0.5, 0.6) is 5.88 Å². The molecular weight excluding hydrogens is 182 g/mol.